The Labute approximate surface area is 97.6 Å². The third kappa shape index (κ3) is 2.97. The molecule has 2 fully saturated rings. The molecule has 2 saturated carbocycles. The molecule has 0 aliphatic heterocycles. The van der Waals surface area contributed by atoms with Gasteiger partial charge in [-0.05, 0) is 37.5 Å². The Morgan fingerprint density at radius 3 is 2.50 bits per heavy atom. The van der Waals surface area contributed by atoms with Crippen molar-refractivity contribution in [1.29, 1.82) is 0 Å². The number of nitrogens with one attached hydrogen (secondary N) is 1. The molecular formula is C13H23NO2. The van der Waals surface area contributed by atoms with E-state index in [4.69, 9.17) is 0 Å². The van der Waals surface area contributed by atoms with E-state index in [0.717, 1.165) is 19.3 Å². The van der Waals surface area contributed by atoms with E-state index < -0.39 is 5.97 Å². The molecule has 0 spiro atoms. The van der Waals surface area contributed by atoms with Crippen molar-refractivity contribution in [3.05, 3.63) is 0 Å². The summed E-state index contributed by atoms with van der Waals surface area (Å²) in [6.45, 7) is 2.26. The van der Waals surface area contributed by atoms with Crippen molar-refractivity contribution in [1.82, 2.24) is 5.32 Å². The number of carboxylic acid groups (broad SMARTS) is 1. The Morgan fingerprint density at radius 1 is 1.19 bits per heavy atom. The number of carbonyl (C=O) groups is 1. The second kappa shape index (κ2) is 5.17. The molecule has 0 aromatic heterocycles. The molecule has 0 bridgehead atoms. The maximum atomic E-state index is 11.2. The minimum Gasteiger partial charge on any atom is -0.480 e. The highest BCUT2D eigenvalue weighted by atomic mass is 16.4. The summed E-state index contributed by atoms with van der Waals surface area (Å²) in [5, 5.41) is 12.6. The molecule has 3 unspecified atom stereocenters. The van der Waals surface area contributed by atoms with Crippen molar-refractivity contribution in [2.75, 3.05) is 0 Å². The standard InChI is InChI=1S/C13H23NO2/c1-9-5-3-2-4-6-11(9)14-12(13(15)16)10-7-8-10/h9-12,14H,2-8H2,1H3,(H,15,16). The van der Waals surface area contributed by atoms with Gasteiger partial charge in [0.15, 0.2) is 0 Å². The summed E-state index contributed by atoms with van der Waals surface area (Å²) in [6.07, 6.45) is 8.44. The molecule has 0 saturated heterocycles. The third-order valence-electron chi connectivity index (χ3n) is 4.11. The quantitative estimate of drug-likeness (QED) is 0.722. The Hall–Kier alpha value is -0.570. The molecule has 2 aliphatic carbocycles. The predicted octanol–water partition coefficient (Wildman–Crippen LogP) is 2.41. The number of carboxylic acids is 1. The highest BCUT2D eigenvalue weighted by Gasteiger charge is 2.38. The topological polar surface area (TPSA) is 49.3 Å². The lowest BCUT2D eigenvalue weighted by Gasteiger charge is -2.26. The van der Waals surface area contributed by atoms with Crippen molar-refractivity contribution >= 4 is 5.97 Å². The zero-order valence-corrected chi connectivity index (χ0v) is 10.1. The molecule has 0 aromatic carbocycles. The third-order valence-corrected chi connectivity index (χ3v) is 4.11. The fourth-order valence-corrected chi connectivity index (χ4v) is 2.81. The molecular weight excluding hydrogens is 202 g/mol. The summed E-state index contributed by atoms with van der Waals surface area (Å²) in [4.78, 5) is 11.2. The van der Waals surface area contributed by atoms with Crippen molar-refractivity contribution < 1.29 is 9.90 Å². The van der Waals surface area contributed by atoms with E-state index in [0.29, 0.717) is 17.9 Å². The zero-order chi connectivity index (χ0) is 11.5. The van der Waals surface area contributed by atoms with Gasteiger partial charge in [0.25, 0.3) is 0 Å². The summed E-state index contributed by atoms with van der Waals surface area (Å²) in [6, 6.07) is 0.134. The first-order chi connectivity index (χ1) is 7.68. The van der Waals surface area contributed by atoms with E-state index in [1.165, 1.54) is 25.7 Å². The van der Waals surface area contributed by atoms with Crippen molar-refractivity contribution in [3.8, 4) is 0 Å². The van der Waals surface area contributed by atoms with E-state index in [2.05, 4.69) is 12.2 Å². The smallest absolute Gasteiger partial charge is 0.320 e. The second-order valence-corrected chi connectivity index (χ2v) is 5.54. The van der Waals surface area contributed by atoms with Crippen molar-refractivity contribution in [3.63, 3.8) is 0 Å². The van der Waals surface area contributed by atoms with Crippen LogP contribution in [0.4, 0.5) is 0 Å². The Balaban J connectivity index is 1.91. The van der Waals surface area contributed by atoms with Gasteiger partial charge in [-0.15, -0.1) is 0 Å². The normalized spacial score (nSPS) is 33.1. The van der Waals surface area contributed by atoms with Crippen LogP contribution < -0.4 is 5.32 Å². The number of aliphatic carboxylic acids is 1. The number of hydrogen-bond donors (Lipinski definition) is 2. The Morgan fingerprint density at radius 2 is 1.88 bits per heavy atom. The minimum absolute atomic E-state index is 0.287. The first-order valence-corrected chi connectivity index (χ1v) is 6.67. The van der Waals surface area contributed by atoms with Gasteiger partial charge in [-0.2, -0.15) is 0 Å². The first kappa shape index (κ1) is 11.9. The summed E-state index contributed by atoms with van der Waals surface area (Å²) in [7, 11) is 0. The monoisotopic (exact) mass is 225 g/mol. The van der Waals surface area contributed by atoms with Crippen LogP contribution >= 0.6 is 0 Å². The molecule has 2 rings (SSSR count). The fourth-order valence-electron chi connectivity index (χ4n) is 2.81. The van der Waals surface area contributed by atoms with Crippen LogP contribution in [0.5, 0.6) is 0 Å². The number of hydrogen-bond acceptors (Lipinski definition) is 2. The highest BCUT2D eigenvalue weighted by Crippen LogP contribution is 2.34. The van der Waals surface area contributed by atoms with E-state index >= 15 is 0 Å². The first-order valence-electron chi connectivity index (χ1n) is 6.67. The number of rotatable bonds is 4. The summed E-state index contributed by atoms with van der Waals surface area (Å²) >= 11 is 0. The highest BCUT2D eigenvalue weighted by molar-refractivity contribution is 5.74. The molecule has 3 nitrogen and oxygen atoms in total. The molecule has 0 amide bonds. The van der Waals surface area contributed by atoms with E-state index in [1.807, 2.05) is 0 Å². The lowest BCUT2D eigenvalue weighted by Crippen LogP contribution is -2.47. The molecule has 2 N–H and O–H groups in total. The van der Waals surface area contributed by atoms with Crippen LogP contribution in [0.2, 0.25) is 0 Å². The predicted molar refractivity (Wildman–Crippen MR) is 63.3 cm³/mol. The van der Waals surface area contributed by atoms with Gasteiger partial charge in [-0.3, -0.25) is 4.79 Å². The van der Waals surface area contributed by atoms with Crippen molar-refractivity contribution in [2.24, 2.45) is 11.8 Å². The van der Waals surface area contributed by atoms with Gasteiger partial charge in [0.1, 0.15) is 6.04 Å². The molecule has 0 radical (unpaired) electrons. The lowest BCUT2D eigenvalue weighted by atomic mass is 9.95. The molecule has 92 valence electrons. The second-order valence-electron chi connectivity index (χ2n) is 5.54. The Bertz CT molecular complexity index is 250. The van der Waals surface area contributed by atoms with Crippen LogP contribution in [-0.4, -0.2) is 23.2 Å². The zero-order valence-electron chi connectivity index (χ0n) is 10.1. The van der Waals surface area contributed by atoms with Crippen molar-refractivity contribution in [2.45, 2.75) is 64.0 Å². The van der Waals surface area contributed by atoms with Crippen LogP contribution in [0.15, 0.2) is 0 Å². The van der Waals surface area contributed by atoms with Gasteiger partial charge >= 0.3 is 5.97 Å². The van der Waals surface area contributed by atoms with E-state index in [9.17, 15) is 9.90 Å². The summed E-state index contributed by atoms with van der Waals surface area (Å²) in [5.74, 6) is 0.370. The van der Waals surface area contributed by atoms with Crippen LogP contribution in [0.1, 0.15) is 51.9 Å². The van der Waals surface area contributed by atoms with Crippen LogP contribution in [0.3, 0.4) is 0 Å². The molecule has 16 heavy (non-hydrogen) atoms. The lowest BCUT2D eigenvalue weighted by molar-refractivity contribution is -0.140. The van der Waals surface area contributed by atoms with E-state index in [1.54, 1.807) is 0 Å². The average Bonchev–Trinajstić information content (AvgIpc) is 3.03. The van der Waals surface area contributed by atoms with Gasteiger partial charge in [0.05, 0.1) is 0 Å². The maximum Gasteiger partial charge on any atom is 0.320 e. The largest absolute Gasteiger partial charge is 0.480 e. The minimum atomic E-state index is -0.654. The Kier molecular flexibility index (Phi) is 3.85. The van der Waals surface area contributed by atoms with Gasteiger partial charge < -0.3 is 10.4 Å². The SMILES string of the molecule is CC1CCCCCC1NC(C(=O)O)C1CC1. The summed E-state index contributed by atoms with van der Waals surface area (Å²) in [5.41, 5.74) is 0. The molecule has 2 aliphatic rings. The van der Waals surface area contributed by atoms with Gasteiger partial charge in [0, 0.05) is 6.04 Å². The van der Waals surface area contributed by atoms with Gasteiger partial charge in [-0.1, -0.05) is 26.2 Å². The summed E-state index contributed by atoms with van der Waals surface area (Å²) < 4.78 is 0. The maximum absolute atomic E-state index is 11.2. The average molecular weight is 225 g/mol. The fraction of sp³-hybridized carbons (Fsp3) is 0.923. The van der Waals surface area contributed by atoms with Gasteiger partial charge in [0.2, 0.25) is 0 Å². The van der Waals surface area contributed by atoms with Crippen LogP contribution in [0.25, 0.3) is 0 Å². The van der Waals surface area contributed by atoms with Crippen LogP contribution in [-0.2, 0) is 4.79 Å². The van der Waals surface area contributed by atoms with Gasteiger partial charge in [-0.25, -0.2) is 0 Å². The molecule has 3 atom stereocenters. The van der Waals surface area contributed by atoms with Crippen LogP contribution in [0, 0.1) is 11.8 Å². The van der Waals surface area contributed by atoms with E-state index in [-0.39, 0.29) is 6.04 Å². The molecule has 0 aromatic rings. The molecule has 0 heterocycles. The molecule has 3 heteroatoms.